The van der Waals surface area contributed by atoms with Gasteiger partial charge < -0.3 is 24.6 Å². The molecule has 0 aromatic carbocycles. The molecule has 10 nitrogen and oxygen atoms in total. The topological polar surface area (TPSA) is 149 Å². The molecule has 0 spiro atoms. The molecule has 0 aromatic heterocycles. The number of hydrogen-bond donors (Lipinski definition) is 3. The Morgan fingerprint density at radius 2 is 1.11 bits per heavy atom. The van der Waals surface area contributed by atoms with Crippen LogP contribution in [0.4, 0.5) is 0 Å². The zero-order chi connectivity index (χ0) is 34.9. The summed E-state index contributed by atoms with van der Waals surface area (Å²) in [5.74, 6) is -0.958. The van der Waals surface area contributed by atoms with Gasteiger partial charge in [0.25, 0.3) is 0 Å². The molecule has 0 aliphatic carbocycles. The quantitative estimate of drug-likeness (QED) is 0.0259. The second kappa shape index (κ2) is 33.0. The Morgan fingerprint density at radius 1 is 0.638 bits per heavy atom. The monoisotopic (exact) mass is 690 g/mol. The first-order valence-electron chi connectivity index (χ1n) is 18.3. The maximum atomic E-state index is 12.4. The summed E-state index contributed by atoms with van der Waals surface area (Å²) >= 11 is 0. The molecule has 0 saturated carbocycles. The summed E-state index contributed by atoms with van der Waals surface area (Å²) in [6, 6.07) is 0. The second-order valence-electron chi connectivity index (χ2n) is 12.3. The number of ether oxygens (including phenoxy) is 2. The van der Waals surface area contributed by atoms with Gasteiger partial charge in [-0.2, -0.15) is 0 Å². The molecule has 276 valence electrons. The fourth-order valence-electron chi connectivity index (χ4n) is 4.73. The van der Waals surface area contributed by atoms with Crippen molar-refractivity contribution in [3.8, 4) is 0 Å². The van der Waals surface area contributed by atoms with Crippen LogP contribution in [0.5, 0.6) is 0 Å². The van der Waals surface area contributed by atoms with Gasteiger partial charge in [-0.1, -0.05) is 122 Å². The minimum atomic E-state index is -4.59. The number of phosphoric ester groups is 1. The lowest BCUT2D eigenvalue weighted by molar-refractivity contribution is -0.161. The van der Waals surface area contributed by atoms with Crippen LogP contribution in [0, 0.1) is 0 Å². The number of esters is 2. The molecule has 0 radical (unpaired) electrons. The van der Waals surface area contributed by atoms with Gasteiger partial charge in [0.1, 0.15) is 12.7 Å². The molecule has 0 amide bonds. The summed E-state index contributed by atoms with van der Waals surface area (Å²) in [4.78, 5) is 34.3. The van der Waals surface area contributed by atoms with Crippen LogP contribution in [0.25, 0.3) is 0 Å². The number of allylic oxidation sites excluding steroid dienone is 4. The molecular formula is C36H67O10P. The van der Waals surface area contributed by atoms with Crippen LogP contribution in [0.2, 0.25) is 0 Å². The minimum absolute atomic E-state index is 0.180. The molecule has 0 rings (SSSR count). The van der Waals surface area contributed by atoms with Crippen LogP contribution in [-0.4, -0.2) is 65.7 Å². The standard InChI is InChI=1S/C36H67O10P/c1-3-5-7-8-9-10-11-12-13-14-15-16-17-18-19-20-21-22-23-24-26-28-36(40)46-34(31-43-35(39)27-25-6-4-2)32-45-47(41,42)44-30-33(38)29-37/h11-12,14-15,33-34,37-38H,3-10,13,16-32H2,1-2H3,(H,41,42)/b12-11-,15-14-. The van der Waals surface area contributed by atoms with Gasteiger partial charge in [0, 0.05) is 12.8 Å². The normalized spacial score (nSPS) is 14.4. The molecule has 0 aliphatic rings. The maximum Gasteiger partial charge on any atom is 0.472 e. The van der Waals surface area contributed by atoms with E-state index in [2.05, 4.69) is 35.8 Å². The molecule has 11 heteroatoms. The van der Waals surface area contributed by atoms with Crippen molar-refractivity contribution in [2.75, 3.05) is 26.4 Å². The van der Waals surface area contributed by atoms with Crippen molar-refractivity contribution in [1.29, 1.82) is 0 Å². The highest BCUT2D eigenvalue weighted by Gasteiger charge is 2.27. The Hall–Kier alpha value is -1.55. The SMILES string of the molecule is CCCCCCC/C=C\C/C=C\CCCCCCCCCCCC(=O)OC(COC(=O)CCCCC)COP(=O)(O)OCC(O)CO. The van der Waals surface area contributed by atoms with E-state index in [0.717, 1.165) is 44.9 Å². The van der Waals surface area contributed by atoms with Gasteiger partial charge in [0.05, 0.1) is 19.8 Å². The van der Waals surface area contributed by atoms with Gasteiger partial charge in [-0.25, -0.2) is 4.57 Å². The van der Waals surface area contributed by atoms with E-state index in [1.165, 1.54) is 70.6 Å². The molecule has 0 aromatic rings. The van der Waals surface area contributed by atoms with E-state index in [1.54, 1.807) is 0 Å². The average molecular weight is 691 g/mol. The molecule has 0 heterocycles. The van der Waals surface area contributed by atoms with Crippen molar-refractivity contribution in [1.82, 2.24) is 0 Å². The molecular weight excluding hydrogens is 623 g/mol. The predicted octanol–water partition coefficient (Wildman–Crippen LogP) is 8.66. The zero-order valence-corrected chi connectivity index (χ0v) is 30.4. The minimum Gasteiger partial charge on any atom is -0.462 e. The van der Waals surface area contributed by atoms with E-state index in [0.29, 0.717) is 12.8 Å². The second-order valence-corrected chi connectivity index (χ2v) is 13.7. The van der Waals surface area contributed by atoms with Gasteiger partial charge in [0.2, 0.25) is 0 Å². The number of unbranched alkanes of at least 4 members (excludes halogenated alkanes) is 16. The Morgan fingerprint density at radius 3 is 1.68 bits per heavy atom. The Bertz CT molecular complexity index is 848. The summed E-state index contributed by atoms with van der Waals surface area (Å²) in [6.07, 6.45) is 29.6. The van der Waals surface area contributed by atoms with E-state index in [1.807, 2.05) is 6.92 Å². The third-order valence-corrected chi connectivity index (χ3v) is 8.56. The van der Waals surface area contributed by atoms with Crippen LogP contribution in [0.15, 0.2) is 24.3 Å². The third-order valence-electron chi connectivity index (χ3n) is 7.61. The first-order chi connectivity index (χ1) is 22.7. The van der Waals surface area contributed by atoms with Crippen molar-refractivity contribution < 1.29 is 47.8 Å². The van der Waals surface area contributed by atoms with Crippen LogP contribution >= 0.6 is 7.82 Å². The van der Waals surface area contributed by atoms with Crippen molar-refractivity contribution in [2.24, 2.45) is 0 Å². The first-order valence-corrected chi connectivity index (χ1v) is 19.8. The number of rotatable bonds is 34. The summed E-state index contributed by atoms with van der Waals surface area (Å²) in [6.45, 7) is 2.15. The van der Waals surface area contributed by atoms with Crippen LogP contribution in [-0.2, 0) is 32.7 Å². The smallest absolute Gasteiger partial charge is 0.462 e. The fraction of sp³-hybridized carbons (Fsp3) is 0.833. The summed E-state index contributed by atoms with van der Waals surface area (Å²) < 4.78 is 32.2. The molecule has 0 aliphatic heterocycles. The van der Waals surface area contributed by atoms with Crippen molar-refractivity contribution in [3.05, 3.63) is 24.3 Å². The lowest BCUT2D eigenvalue weighted by Gasteiger charge is -2.20. The molecule has 0 saturated heterocycles. The lowest BCUT2D eigenvalue weighted by atomic mass is 10.1. The lowest BCUT2D eigenvalue weighted by Crippen LogP contribution is -2.29. The highest BCUT2D eigenvalue weighted by molar-refractivity contribution is 7.47. The molecule has 0 bridgehead atoms. The van der Waals surface area contributed by atoms with Gasteiger partial charge >= 0.3 is 19.8 Å². The molecule has 0 fully saturated rings. The van der Waals surface area contributed by atoms with Crippen LogP contribution in [0.1, 0.15) is 155 Å². The largest absolute Gasteiger partial charge is 0.472 e. The summed E-state index contributed by atoms with van der Waals surface area (Å²) in [7, 11) is -4.59. The van der Waals surface area contributed by atoms with E-state index in [-0.39, 0.29) is 19.4 Å². The summed E-state index contributed by atoms with van der Waals surface area (Å²) in [5.41, 5.74) is 0. The van der Waals surface area contributed by atoms with E-state index in [4.69, 9.17) is 19.1 Å². The van der Waals surface area contributed by atoms with Gasteiger partial charge in [0.15, 0.2) is 6.10 Å². The number of aliphatic hydroxyl groups is 2. The Labute approximate surface area is 285 Å². The van der Waals surface area contributed by atoms with Crippen LogP contribution in [0.3, 0.4) is 0 Å². The molecule has 3 N–H and O–H groups in total. The Kier molecular flexibility index (Phi) is 31.9. The highest BCUT2D eigenvalue weighted by atomic mass is 31.2. The Balaban J connectivity index is 4.07. The third kappa shape index (κ3) is 32.8. The van der Waals surface area contributed by atoms with Crippen molar-refractivity contribution in [3.63, 3.8) is 0 Å². The fourth-order valence-corrected chi connectivity index (χ4v) is 5.52. The maximum absolute atomic E-state index is 12.4. The number of phosphoric acid groups is 1. The number of hydrogen-bond acceptors (Lipinski definition) is 9. The van der Waals surface area contributed by atoms with Crippen molar-refractivity contribution in [2.45, 2.75) is 167 Å². The summed E-state index contributed by atoms with van der Waals surface area (Å²) in [5, 5.41) is 18.1. The van der Waals surface area contributed by atoms with Gasteiger partial charge in [-0.3, -0.25) is 18.6 Å². The first kappa shape index (κ1) is 45.5. The molecule has 3 unspecified atom stereocenters. The predicted molar refractivity (Wildman–Crippen MR) is 187 cm³/mol. The van der Waals surface area contributed by atoms with Gasteiger partial charge in [-0.15, -0.1) is 0 Å². The number of carbonyl (C=O) groups excluding carboxylic acids is 2. The number of carbonyl (C=O) groups is 2. The van der Waals surface area contributed by atoms with Gasteiger partial charge in [-0.05, 0) is 44.9 Å². The molecule has 47 heavy (non-hydrogen) atoms. The highest BCUT2D eigenvalue weighted by Crippen LogP contribution is 2.43. The van der Waals surface area contributed by atoms with Crippen molar-refractivity contribution >= 4 is 19.8 Å². The van der Waals surface area contributed by atoms with E-state index in [9.17, 15) is 24.2 Å². The van der Waals surface area contributed by atoms with Crippen LogP contribution < -0.4 is 0 Å². The zero-order valence-electron chi connectivity index (χ0n) is 29.5. The van der Waals surface area contributed by atoms with E-state index < -0.39 is 51.8 Å². The molecule has 3 atom stereocenters. The average Bonchev–Trinajstić information content (AvgIpc) is 3.05. The number of aliphatic hydroxyl groups excluding tert-OH is 2. The van der Waals surface area contributed by atoms with E-state index >= 15 is 0 Å².